The predicted octanol–water partition coefficient (Wildman–Crippen LogP) is 0.649. The number of benzene rings is 1. The Balaban J connectivity index is 1.88. The van der Waals surface area contributed by atoms with E-state index in [1.54, 1.807) is 0 Å². The number of rotatable bonds is 5. The molecule has 1 unspecified atom stereocenters. The third-order valence-electron chi connectivity index (χ3n) is 4.33. The zero-order valence-corrected chi connectivity index (χ0v) is 13.9. The number of halogens is 1. The summed E-state index contributed by atoms with van der Waals surface area (Å²) in [6.45, 7) is 0.548. The molecule has 0 aliphatic carbocycles. The molecule has 0 spiro atoms. The zero-order chi connectivity index (χ0) is 17.3. The van der Waals surface area contributed by atoms with Crippen LogP contribution in [0.3, 0.4) is 0 Å². The van der Waals surface area contributed by atoms with Gasteiger partial charge in [-0.1, -0.05) is 0 Å². The summed E-state index contributed by atoms with van der Waals surface area (Å²) < 4.78 is 36.6. The lowest BCUT2D eigenvalue weighted by Gasteiger charge is -2.27. The second-order valence-corrected chi connectivity index (χ2v) is 8.33. The van der Waals surface area contributed by atoms with Crippen LogP contribution in [0.2, 0.25) is 0 Å². The fourth-order valence-corrected chi connectivity index (χ4v) is 4.92. The van der Waals surface area contributed by atoms with E-state index in [-0.39, 0.29) is 35.0 Å². The molecular weight excluding hydrogens is 335 g/mol. The quantitative estimate of drug-likeness (QED) is 0.823. The molecule has 1 aliphatic heterocycles. The number of sulfone groups is 1. The average molecular weight is 354 g/mol. The Labute approximate surface area is 138 Å². The maximum Gasteiger partial charge on any atom is 0.189 e. The Hall–Kier alpha value is -1.77. The summed E-state index contributed by atoms with van der Waals surface area (Å²) >= 11 is 0. The average Bonchev–Trinajstić information content (AvgIpc) is 2.88. The summed E-state index contributed by atoms with van der Waals surface area (Å²) in [5.41, 5.74) is 0.847. The highest BCUT2D eigenvalue weighted by Crippen LogP contribution is 2.20. The molecule has 2 heterocycles. The van der Waals surface area contributed by atoms with Crippen LogP contribution in [-0.4, -0.2) is 54.1 Å². The number of nitrogens with one attached hydrogen (secondary N) is 1. The number of fused-ring (bicyclic) bond motifs is 1. The molecule has 1 atom stereocenters. The van der Waals surface area contributed by atoms with Crippen molar-refractivity contribution in [2.24, 2.45) is 0 Å². The van der Waals surface area contributed by atoms with Gasteiger partial charge in [-0.2, -0.15) is 0 Å². The van der Waals surface area contributed by atoms with Crippen LogP contribution in [0.1, 0.15) is 12.1 Å². The molecular formula is C16H19FN2O4S. The van der Waals surface area contributed by atoms with Crippen molar-refractivity contribution in [2.45, 2.75) is 19.0 Å². The fraction of sp³-hybridized carbons (Fsp3) is 0.438. The van der Waals surface area contributed by atoms with Crippen molar-refractivity contribution in [3.05, 3.63) is 46.0 Å². The molecule has 24 heavy (non-hydrogen) atoms. The molecule has 3 rings (SSSR count). The minimum atomic E-state index is -3.04. The lowest BCUT2D eigenvalue weighted by atomic mass is 10.1. The standard InChI is InChI=1S/C16H19FN2O4S/c17-11-1-2-15-14(7-11)16(21)8-12(18-15)9-19(4-5-20)13-3-6-24(22,23)10-13/h1-2,7-8,13,20H,3-6,9-10H2,(H,18,21). The van der Waals surface area contributed by atoms with Gasteiger partial charge < -0.3 is 10.1 Å². The number of aliphatic hydroxyl groups excluding tert-OH is 1. The van der Waals surface area contributed by atoms with E-state index >= 15 is 0 Å². The fourth-order valence-electron chi connectivity index (χ4n) is 3.16. The molecule has 8 heteroatoms. The van der Waals surface area contributed by atoms with E-state index in [9.17, 15) is 22.7 Å². The van der Waals surface area contributed by atoms with E-state index in [1.807, 2.05) is 4.90 Å². The Morgan fingerprint density at radius 2 is 2.12 bits per heavy atom. The minimum Gasteiger partial charge on any atom is -0.395 e. The smallest absolute Gasteiger partial charge is 0.189 e. The van der Waals surface area contributed by atoms with E-state index in [1.165, 1.54) is 24.3 Å². The number of aromatic amines is 1. The van der Waals surface area contributed by atoms with E-state index < -0.39 is 15.7 Å². The third kappa shape index (κ3) is 3.66. The molecule has 1 aromatic carbocycles. The van der Waals surface area contributed by atoms with Crippen molar-refractivity contribution < 1.29 is 17.9 Å². The van der Waals surface area contributed by atoms with Crippen LogP contribution in [0.5, 0.6) is 0 Å². The van der Waals surface area contributed by atoms with E-state index in [0.29, 0.717) is 30.7 Å². The molecule has 1 fully saturated rings. The first-order valence-corrected chi connectivity index (χ1v) is 9.57. The number of hydrogen-bond acceptors (Lipinski definition) is 5. The van der Waals surface area contributed by atoms with Gasteiger partial charge in [0.15, 0.2) is 15.3 Å². The Morgan fingerprint density at radius 3 is 2.79 bits per heavy atom. The number of nitrogens with zero attached hydrogens (tertiary/aromatic N) is 1. The van der Waals surface area contributed by atoms with Gasteiger partial charge in [-0.15, -0.1) is 0 Å². The van der Waals surface area contributed by atoms with Gasteiger partial charge in [-0.25, -0.2) is 12.8 Å². The number of hydrogen-bond donors (Lipinski definition) is 2. The maximum absolute atomic E-state index is 13.3. The number of aromatic nitrogens is 1. The molecule has 1 aromatic heterocycles. The highest BCUT2D eigenvalue weighted by molar-refractivity contribution is 7.91. The van der Waals surface area contributed by atoms with Gasteiger partial charge in [0.25, 0.3) is 0 Å². The Kier molecular flexibility index (Phi) is 4.71. The molecule has 2 aromatic rings. The maximum atomic E-state index is 13.3. The highest BCUT2D eigenvalue weighted by atomic mass is 32.2. The van der Waals surface area contributed by atoms with Crippen LogP contribution < -0.4 is 5.43 Å². The number of aliphatic hydroxyl groups is 1. The molecule has 2 N–H and O–H groups in total. The lowest BCUT2D eigenvalue weighted by Crippen LogP contribution is -2.38. The first-order chi connectivity index (χ1) is 11.4. The van der Waals surface area contributed by atoms with Crippen LogP contribution in [0.25, 0.3) is 10.9 Å². The summed E-state index contributed by atoms with van der Waals surface area (Å²) in [7, 11) is -3.04. The van der Waals surface area contributed by atoms with Crippen LogP contribution in [0, 0.1) is 5.82 Å². The van der Waals surface area contributed by atoms with Crippen LogP contribution in [0.4, 0.5) is 4.39 Å². The number of H-pyrrole nitrogens is 1. The normalized spacial score (nSPS) is 20.0. The predicted molar refractivity (Wildman–Crippen MR) is 89.1 cm³/mol. The third-order valence-corrected chi connectivity index (χ3v) is 6.08. The SMILES string of the molecule is O=c1cc(CN(CCO)C2CCS(=O)(=O)C2)[nH]c2ccc(F)cc12. The van der Waals surface area contributed by atoms with Gasteiger partial charge in [0.05, 0.1) is 18.1 Å². The van der Waals surface area contributed by atoms with Crippen LogP contribution >= 0.6 is 0 Å². The monoisotopic (exact) mass is 354 g/mol. The van der Waals surface area contributed by atoms with Crippen LogP contribution in [0.15, 0.2) is 29.1 Å². The summed E-state index contributed by atoms with van der Waals surface area (Å²) in [4.78, 5) is 17.1. The molecule has 0 radical (unpaired) electrons. The highest BCUT2D eigenvalue weighted by Gasteiger charge is 2.32. The topological polar surface area (TPSA) is 90.5 Å². The van der Waals surface area contributed by atoms with E-state index in [2.05, 4.69) is 4.98 Å². The van der Waals surface area contributed by atoms with E-state index in [4.69, 9.17) is 0 Å². The van der Waals surface area contributed by atoms with Crippen molar-refractivity contribution in [3.63, 3.8) is 0 Å². The zero-order valence-electron chi connectivity index (χ0n) is 13.0. The molecule has 0 saturated carbocycles. The summed E-state index contributed by atoms with van der Waals surface area (Å²) in [6.07, 6.45) is 0.519. The van der Waals surface area contributed by atoms with Gasteiger partial charge in [-0.3, -0.25) is 9.69 Å². The van der Waals surface area contributed by atoms with Crippen molar-refractivity contribution in [2.75, 3.05) is 24.7 Å². The second kappa shape index (κ2) is 6.62. The lowest BCUT2D eigenvalue weighted by molar-refractivity contribution is 0.152. The molecule has 6 nitrogen and oxygen atoms in total. The molecule has 0 bridgehead atoms. The molecule has 0 amide bonds. The molecule has 1 saturated heterocycles. The summed E-state index contributed by atoms with van der Waals surface area (Å²) in [6, 6.07) is 5.20. The van der Waals surface area contributed by atoms with Crippen molar-refractivity contribution >= 4 is 20.7 Å². The summed E-state index contributed by atoms with van der Waals surface area (Å²) in [5, 5.41) is 9.53. The first kappa shape index (κ1) is 17.1. The Morgan fingerprint density at radius 1 is 1.33 bits per heavy atom. The van der Waals surface area contributed by atoms with Gasteiger partial charge in [0, 0.05) is 41.8 Å². The van der Waals surface area contributed by atoms with Gasteiger partial charge in [-0.05, 0) is 24.6 Å². The van der Waals surface area contributed by atoms with Crippen molar-refractivity contribution in [1.82, 2.24) is 9.88 Å². The van der Waals surface area contributed by atoms with E-state index in [0.717, 1.165) is 0 Å². The first-order valence-electron chi connectivity index (χ1n) is 7.75. The van der Waals surface area contributed by atoms with Crippen molar-refractivity contribution in [3.8, 4) is 0 Å². The number of pyridine rings is 1. The molecule has 1 aliphatic rings. The molecule has 130 valence electrons. The second-order valence-electron chi connectivity index (χ2n) is 6.10. The minimum absolute atomic E-state index is 0.0655. The van der Waals surface area contributed by atoms with Gasteiger partial charge >= 0.3 is 0 Å². The Bertz CT molecular complexity index is 910. The van der Waals surface area contributed by atoms with Gasteiger partial charge in [0.1, 0.15) is 5.82 Å². The summed E-state index contributed by atoms with van der Waals surface area (Å²) in [5.74, 6) is -0.262. The largest absolute Gasteiger partial charge is 0.395 e. The van der Waals surface area contributed by atoms with Gasteiger partial charge in [0.2, 0.25) is 0 Å². The van der Waals surface area contributed by atoms with Crippen molar-refractivity contribution in [1.29, 1.82) is 0 Å². The van der Waals surface area contributed by atoms with Crippen LogP contribution in [-0.2, 0) is 16.4 Å².